The van der Waals surface area contributed by atoms with E-state index in [1.54, 1.807) is 6.92 Å². The van der Waals surface area contributed by atoms with E-state index in [0.29, 0.717) is 0 Å². The fourth-order valence-corrected chi connectivity index (χ4v) is 1.21. The zero-order valence-electron chi connectivity index (χ0n) is 8.75. The van der Waals surface area contributed by atoms with Crippen molar-refractivity contribution in [2.45, 2.75) is 13.3 Å². The molecule has 0 amide bonds. The Hall–Kier alpha value is -1.92. The highest BCUT2D eigenvalue weighted by Gasteiger charge is 2.33. The average molecular weight is 250 g/mol. The van der Waals surface area contributed by atoms with Gasteiger partial charge in [-0.05, 0) is 19.1 Å². The maximum Gasteiger partial charge on any atom is 0.573 e. The van der Waals surface area contributed by atoms with Crippen molar-refractivity contribution in [3.8, 4) is 11.5 Å². The zero-order valence-corrected chi connectivity index (χ0v) is 8.75. The monoisotopic (exact) mass is 250 g/mol. The topological polar surface area (TPSA) is 55.8 Å². The van der Waals surface area contributed by atoms with Gasteiger partial charge in [0.05, 0.1) is 6.61 Å². The summed E-state index contributed by atoms with van der Waals surface area (Å²) in [6, 6.07) is 3.40. The van der Waals surface area contributed by atoms with Gasteiger partial charge in [-0.3, -0.25) is 0 Å². The van der Waals surface area contributed by atoms with Crippen LogP contribution in [0.2, 0.25) is 0 Å². The van der Waals surface area contributed by atoms with E-state index in [1.807, 2.05) is 0 Å². The predicted octanol–water partition coefficient (Wildman–Crippen LogP) is 2.68. The summed E-state index contributed by atoms with van der Waals surface area (Å²) < 4.78 is 44.7. The van der Waals surface area contributed by atoms with Crippen molar-refractivity contribution in [1.82, 2.24) is 0 Å². The molecule has 0 radical (unpaired) electrons. The van der Waals surface area contributed by atoms with Crippen LogP contribution in [0.3, 0.4) is 0 Å². The third-order valence-electron chi connectivity index (χ3n) is 1.73. The van der Waals surface area contributed by atoms with Crippen LogP contribution < -0.4 is 9.47 Å². The van der Waals surface area contributed by atoms with E-state index < -0.39 is 23.6 Å². The number of rotatable bonds is 4. The molecule has 0 unspecified atom stereocenters. The second-order valence-electron chi connectivity index (χ2n) is 2.92. The molecule has 0 heterocycles. The molecule has 0 aliphatic carbocycles. The van der Waals surface area contributed by atoms with Crippen molar-refractivity contribution in [2.75, 3.05) is 6.61 Å². The van der Waals surface area contributed by atoms with Crippen molar-refractivity contribution in [1.29, 1.82) is 0 Å². The summed E-state index contributed by atoms with van der Waals surface area (Å²) >= 11 is 0. The summed E-state index contributed by atoms with van der Waals surface area (Å²) in [5.74, 6) is -2.51. The molecule has 0 spiro atoms. The lowest BCUT2D eigenvalue weighted by atomic mass is 10.2. The molecule has 1 N–H and O–H groups in total. The highest BCUT2D eigenvalue weighted by molar-refractivity contribution is 5.94. The molecule has 1 aromatic carbocycles. The second kappa shape index (κ2) is 4.94. The third-order valence-corrected chi connectivity index (χ3v) is 1.73. The minimum Gasteiger partial charge on any atom is -0.493 e. The van der Waals surface area contributed by atoms with Gasteiger partial charge in [-0.2, -0.15) is 0 Å². The van der Waals surface area contributed by atoms with Crippen LogP contribution in [0.5, 0.6) is 11.5 Å². The summed E-state index contributed by atoms with van der Waals surface area (Å²) in [6.45, 7) is 1.72. The van der Waals surface area contributed by atoms with Gasteiger partial charge in [0, 0.05) is 0 Å². The van der Waals surface area contributed by atoms with Crippen LogP contribution in [0, 0.1) is 0 Å². The fraction of sp³-hybridized carbons (Fsp3) is 0.300. The Balaban J connectivity index is 3.20. The molecule has 0 aliphatic rings. The molecule has 4 nitrogen and oxygen atoms in total. The molecular formula is C10H9F3O4. The Bertz CT molecular complexity index is 415. The number of carboxylic acids is 1. The Morgan fingerprint density at radius 2 is 1.94 bits per heavy atom. The number of carboxylic acid groups (broad SMARTS) is 1. The van der Waals surface area contributed by atoms with Gasteiger partial charge in [-0.25, -0.2) is 4.79 Å². The van der Waals surface area contributed by atoms with Crippen molar-refractivity contribution >= 4 is 5.97 Å². The standard InChI is InChI=1S/C10H9F3O4/c1-2-16-6-4-3-5-7(8(6)9(14)15)17-10(11,12)13/h3-5H,2H2,1H3,(H,14,15). The van der Waals surface area contributed by atoms with Gasteiger partial charge < -0.3 is 14.6 Å². The number of hydrogen-bond donors (Lipinski definition) is 1. The lowest BCUT2D eigenvalue weighted by Gasteiger charge is -2.13. The van der Waals surface area contributed by atoms with Gasteiger partial charge >= 0.3 is 12.3 Å². The van der Waals surface area contributed by atoms with Crippen molar-refractivity contribution in [3.63, 3.8) is 0 Å². The first kappa shape index (κ1) is 13.1. The van der Waals surface area contributed by atoms with E-state index in [-0.39, 0.29) is 12.4 Å². The molecule has 0 fully saturated rings. The first-order chi connectivity index (χ1) is 7.85. The normalized spacial score (nSPS) is 11.1. The zero-order chi connectivity index (χ0) is 13.1. The van der Waals surface area contributed by atoms with Crippen LogP contribution in [-0.2, 0) is 0 Å². The van der Waals surface area contributed by atoms with E-state index in [4.69, 9.17) is 9.84 Å². The van der Waals surface area contributed by atoms with Gasteiger partial charge in [0.15, 0.2) is 0 Å². The lowest BCUT2D eigenvalue weighted by molar-refractivity contribution is -0.274. The molecule has 1 aromatic rings. The molecule has 0 saturated carbocycles. The van der Waals surface area contributed by atoms with Gasteiger partial charge in [-0.15, -0.1) is 13.2 Å². The minimum atomic E-state index is -4.95. The number of halogens is 3. The van der Waals surface area contributed by atoms with Gasteiger partial charge in [-0.1, -0.05) is 6.07 Å². The summed E-state index contributed by atoms with van der Waals surface area (Å²) in [4.78, 5) is 10.9. The largest absolute Gasteiger partial charge is 0.573 e. The number of hydrogen-bond acceptors (Lipinski definition) is 3. The third kappa shape index (κ3) is 3.54. The Morgan fingerprint density at radius 1 is 1.35 bits per heavy atom. The van der Waals surface area contributed by atoms with E-state index in [0.717, 1.165) is 6.07 Å². The number of aromatic carboxylic acids is 1. The number of ether oxygens (including phenoxy) is 2. The first-order valence-electron chi connectivity index (χ1n) is 4.60. The highest BCUT2D eigenvalue weighted by atomic mass is 19.4. The maximum atomic E-state index is 12.0. The Labute approximate surface area is 94.6 Å². The van der Waals surface area contributed by atoms with Crippen LogP contribution in [-0.4, -0.2) is 24.0 Å². The summed E-state index contributed by atoms with van der Waals surface area (Å²) in [5.41, 5.74) is -0.647. The predicted molar refractivity (Wildman–Crippen MR) is 51.3 cm³/mol. The summed E-state index contributed by atoms with van der Waals surface area (Å²) in [7, 11) is 0. The molecule has 1 rings (SSSR count). The van der Waals surface area contributed by atoms with Gasteiger partial charge in [0.25, 0.3) is 0 Å². The van der Waals surface area contributed by atoms with E-state index in [1.165, 1.54) is 12.1 Å². The molecule has 94 valence electrons. The molecule has 0 aromatic heterocycles. The van der Waals surface area contributed by atoms with Gasteiger partial charge in [0.2, 0.25) is 0 Å². The summed E-state index contributed by atoms with van der Waals surface area (Å²) in [5, 5.41) is 8.84. The van der Waals surface area contributed by atoms with E-state index >= 15 is 0 Å². The molecule has 0 bridgehead atoms. The van der Waals surface area contributed by atoms with E-state index in [9.17, 15) is 18.0 Å². The van der Waals surface area contributed by atoms with Crippen LogP contribution in [0.25, 0.3) is 0 Å². The first-order valence-corrected chi connectivity index (χ1v) is 4.60. The molecule has 0 atom stereocenters. The second-order valence-corrected chi connectivity index (χ2v) is 2.92. The molecule has 7 heteroatoms. The van der Waals surface area contributed by atoms with Gasteiger partial charge in [0.1, 0.15) is 17.1 Å². The molecular weight excluding hydrogens is 241 g/mol. The summed E-state index contributed by atoms with van der Waals surface area (Å²) in [6.07, 6.45) is -4.95. The molecule has 0 saturated heterocycles. The van der Waals surface area contributed by atoms with Crippen LogP contribution in [0.4, 0.5) is 13.2 Å². The highest BCUT2D eigenvalue weighted by Crippen LogP contribution is 2.32. The number of carbonyl (C=O) groups is 1. The quantitative estimate of drug-likeness (QED) is 0.892. The lowest BCUT2D eigenvalue weighted by Crippen LogP contribution is -2.19. The van der Waals surface area contributed by atoms with Crippen molar-refractivity contribution in [3.05, 3.63) is 23.8 Å². The van der Waals surface area contributed by atoms with Crippen LogP contribution in [0.15, 0.2) is 18.2 Å². The van der Waals surface area contributed by atoms with Crippen molar-refractivity contribution < 1.29 is 32.5 Å². The van der Waals surface area contributed by atoms with Crippen LogP contribution in [0.1, 0.15) is 17.3 Å². The van der Waals surface area contributed by atoms with Crippen molar-refractivity contribution in [2.24, 2.45) is 0 Å². The minimum absolute atomic E-state index is 0.135. The molecule has 17 heavy (non-hydrogen) atoms. The molecule has 0 aliphatic heterocycles. The van der Waals surface area contributed by atoms with Crippen LogP contribution >= 0.6 is 0 Å². The Kier molecular flexibility index (Phi) is 3.82. The maximum absolute atomic E-state index is 12.0. The fourth-order valence-electron chi connectivity index (χ4n) is 1.21. The number of alkyl halides is 3. The Morgan fingerprint density at radius 3 is 2.41 bits per heavy atom. The number of benzene rings is 1. The average Bonchev–Trinajstić information content (AvgIpc) is 2.15. The van der Waals surface area contributed by atoms with E-state index in [2.05, 4.69) is 4.74 Å². The SMILES string of the molecule is CCOc1cccc(OC(F)(F)F)c1C(=O)O. The smallest absolute Gasteiger partial charge is 0.493 e.